The third-order valence-electron chi connectivity index (χ3n) is 3.84. The molecular formula is C19H18ClN3O3. The molecule has 7 heteroatoms. The minimum atomic E-state index is 0.168. The summed E-state index contributed by atoms with van der Waals surface area (Å²) in [7, 11) is 4.68. The molecule has 0 bridgehead atoms. The van der Waals surface area contributed by atoms with E-state index in [1.165, 1.54) is 0 Å². The summed E-state index contributed by atoms with van der Waals surface area (Å²) in [5, 5.41) is 0.653. The molecular weight excluding hydrogens is 354 g/mol. The molecule has 0 amide bonds. The number of ether oxygens (including phenoxy) is 3. The van der Waals surface area contributed by atoms with Crippen molar-refractivity contribution >= 4 is 17.5 Å². The van der Waals surface area contributed by atoms with E-state index in [2.05, 4.69) is 9.97 Å². The van der Waals surface area contributed by atoms with E-state index in [0.29, 0.717) is 33.7 Å². The van der Waals surface area contributed by atoms with Crippen LogP contribution in [0.1, 0.15) is 0 Å². The van der Waals surface area contributed by atoms with Crippen LogP contribution in [0.2, 0.25) is 5.02 Å². The minimum absolute atomic E-state index is 0.168. The fourth-order valence-corrected chi connectivity index (χ4v) is 2.74. The highest BCUT2D eigenvalue weighted by molar-refractivity contribution is 6.30. The molecule has 0 aliphatic heterocycles. The Bertz CT molecular complexity index is 905. The molecule has 0 radical (unpaired) electrons. The third kappa shape index (κ3) is 3.50. The van der Waals surface area contributed by atoms with E-state index in [-0.39, 0.29) is 5.95 Å². The predicted molar refractivity (Wildman–Crippen MR) is 102 cm³/mol. The molecule has 0 unspecified atom stereocenters. The standard InChI is InChI=1S/C19H18ClN3O3/c1-24-16-8-12(9-17(25-2)18(16)26-3)15-10-14(22-19(21)23-15)11-4-6-13(20)7-5-11/h4-10H,1-3H3,(H2,21,22,23). The van der Waals surface area contributed by atoms with Crippen LogP contribution in [0, 0.1) is 0 Å². The van der Waals surface area contributed by atoms with Gasteiger partial charge < -0.3 is 19.9 Å². The van der Waals surface area contributed by atoms with Crippen molar-refractivity contribution in [1.29, 1.82) is 0 Å². The largest absolute Gasteiger partial charge is 0.493 e. The molecule has 0 spiro atoms. The smallest absolute Gasteiger partial charge is 0.221 e. The zero-order chi connectivity index (χ0) is 18.7. The van der Waals surface area contributed by atoms with Gasteiger partial charge in [0.05, 0.1) is 32.7 Å². The Balaban J connectivity index is 2.14. The maximum Gasteiger partial charge on any atom is 0.221 e. The Morgan fingerprint density at radius 1 is 0.769 bits per heavy atom. The van der Waals surface area contributed by atoms with Crippen molar-refractivity contribution in [3.8, 4) is 39.8 Å². The van der Waals surface area contributed by atoms with Crippen molar-refractivity contribution in [2.75, 3.05) is 27.1 Å². The summed E-state index contributed by atoms with van der Waals surface area (Å²) in [6.45, 7) is 0. The maximum absolute atomic E-state index is 5.96. The number of rotatable bonds is 5. The monoisotopic (exact) mass is 371 g/mol. The molecule has 3 rings (SSSR count). The summed E-state index contributed by atoms with van der Waals surface area (Å²) >= 11 is 5.96. The van der Waals surface area contributed by atoms with Crippen LogP contribution >= 0.6 is 11.6 Å². The highest BCUT2D eigenvalue weighted by Crippen LogP contribution is 2.41. The van der Waals surface area contributed by atoms with Gasteiger partial charge in [-0.05, 0) is 30.3 Å². The van der Waals surface area contributed by atoms with E-state index in [1.807, 2.05) is 30.3 Å². The van der Waals surface area contributed by atoms with Crippen molar-refractivity contribution in [2.24, 2.45) is 0 Å². The Labute approximate surface area is 156 Å². The lowest BCUT2D eigenvalue weighted by molar-refractivity contribution is 0.324. The van der Waals surface area contributed by atoms with Crippen molar-refractivity contribution in [2.45, 2.75) is 0 Å². The number of benzene rings is 2. The molecule has 1 aromatic heterocycles. The van der Waals surface area contributed by atoms with Crippen molar-refractivity contribution in [3.05, 3.63) is 47.5 Å². The maximum atomic E-state index is 5.96. The number of hydrogen-bond donors (Lipinski definition) is 1. The number of nitrogens with zero attached hydrogens (tertiary/aromatic N) is 2. The van der Waals surface area contributed by atoms with E-state index in [9.17, 15) is 0 Å². The lowest BCUT2D eigenvalue weighted by atomic mass is 10.1. The van der Waals surface area contributed by atoms with Crippen LogP contribution in [-0.2, 0) is 0 Å². The number of aromatic nitrogens is 2. The van der Waals surface area contributed by atoms with E-state index in [0.717, 1.165) is 11.1 Å². The molecule has 0 saturated heterocycles. The Hall–Kier alpha value is -2.99. The number of nitrogens with two attached hydrogens (primary N) is 1. The van der Waals surface area contributed by atoms with Gasteiger partial charge in [-0.25, -0.2) is 9.97 Å². The second-order valence-electron chi connectivity index (χ2n) is 5.42. The van der Waals surface area contributed by atoms with Crippen LogP contribution in [0.25, 0.3) is 22.5 Å². The Morgan fingerprint density at radius 2 is 1.31 bits per heavy atom. The van der Waals surface area contributed by atoms with Crippen LogP contribution in [0.5, 0.6) is 17.2 Å². The van der Waals surface area contributed by atoms with Gasteiger partial charge in [-0.15, -0.1) is 0 Å². The lowest BCUT2D eigenvalue weighted by Gasteiger charge is -2.14. The van der Waals surface area contributed by atoms with Crippen molar-refractivity contribution in [1.82, 2.24) is 9.97 Å². The van der Waals surface area contributed by atoms with Gasteiger partial charge in [0.15, 0.2) is 11.5 Å². The quantitative estimate of drug-likeness (QED) is 0.728. The summed E-state index contributed by atoms with van der Waals surface area (Å²) in [4.78, 5) is 8.66. The number of nitrogen functional groups attached to an aromatic ring is 1. The summed E-state index contributed by atoms with van der Waals surface area (Å²) in [6.07, 6.45) is 0. The molecule has 0 atom stereocenters. The van der Waals surface area contributed by atoms with Gasteiger partial charge in [-0.1, -0.05) is 23.7 Å². The fraction of sp³-hybridized carbons (Fsp3) is 0.158. The van der Waals surface area contributed by atoms with E-state index >= 15 is 0 Å². The van der Waals surface area contributed by atoms with Crippen LogP contribution in [0.3, 0.4) is 0 Å². The molecule has 0 saturated carbocycles. The topological polar surface area (TPSA) is 79.5 Å². The zero-order valence-electron chi connectivity index (χ0n) is 14.6. The number of methoxy groups -OCH3 is 3. The molecule has 3 aromatic rings. The van der Waals surface area contributed by atoms with E-state index in [1.54, 1.807) is 33.5 Å². The molecule has 134 valence electrons. The van der Waals surface area contributed by atoms with Gasteiger partial charge in [0.2, 0.25) is 11.7 Å². The van der Waals surface area contributed by atoms with Crippen LogP contribution < -0.4 is 19.9 Å². The Kier molecular flexibility index (Phi) is 5.14. The predicted octanol–water partition coefficient (Wildman–Crippen LogP) is 4.07. The molecule has 26 heavy (non-hydrogen) atoms. The fourth-order valence-electron chi connectivity index (χ4n) is 2.61. The lowest BCUT2D eigenvalue weighted by Crippen LogP contribution is -2.00. The molecule has 2 N–H and O–H groups in total. The summed E-state index contributed by atoms with van der Waals surface area (Å²) in [5.41, 5.74) is 8.91. The van der Waals surface area contributed by atoms with Crippen molar-refractivity contribution < 1.29 is 14.2 Å². The van der Waals surface area contributed by atoms with Gasteiger partial charge in [0, 0.05) is 16.1 Å². The zero-order valence-corrected chi connectivity index (χ0v) is 15.4. The van der Waals surface area contributed by atoms with Gasteiger partial charge >= 0.3 is 0 Å². The minimum Gasteiger partial charge on any atom is -0.493 e. The summed E-state index contributed by atoms with van der Waals surface area (Å²) in [6, 6.07) is 12.8. The molecule has 0 aliphatic rings. The van der Waals surface area contributed by atoms with E-state index < -0.39 is 0 Å². The van der Waals surface area contributed by atoms with Gasteiger partial charge in [0.1, 0.15) is 0 Å². The average molecular weight is 372 g/mol. The van der Waals surface area contributed by atoms with Gasteiger partial charge in [0.25, 0.3) is 0 Å². The molecule has 2 aromatic carbocycles. The van der Waals surface area contributed by atoms with Gasteiger partial charge in [-0.3, -0.25) is 0 Å². The summed E-state index contributed by atoms with van der Waals surface area (Å²) < 4.78 is 16.2. The highest BCUT2D eigenvalue weighted by Gasteiger charge is 2.16. The number of anilines is 1. The first-order valence-corrected chi connectivity index (χ1v) is 8.14. The van der Waals surface area contributed by atoms with Gasteiger partial charge in [-0.2, -0.15) is 0 Å². The molecule has 6 nitrogen and oxygen atoms in total. The SMILES string of the molecule is COc1cc(-c2cc(-c3ccc(Cl)cc3)nc(N)n2)cc(OC)c1OC. The van der Waals surface area contributed by atoms with Crippen LogP contribution in [-0.4, -0.2) is 31.3 Å². The van der Waals surface area contributed by atoms with Crippen molar-refractivity contribution in [3.63, 3.8) is 0 Å². The first-order chi connectivity index (χ1) is 12.5. The Morgan fingerprint density at radius 3 is 1.81 bits per heavy atom. The number of hydrogen-bond acceptors (Lipinski definition) is 6. The number of halogens is 1. The average Bonchev–Trinajstić information content (AvgIpc) is 2.66. The first kappa shape index (κ1) is 17.8. The second-order valence-corrected chi connectivity index (χ2v) is 5.85. The van der Waals surface area contributed by atoms with Crippen LogP contribution in [0.4, 0.5) is 5.95 Å². The van der Waals surface area contributed by atoms with Crippen LogP contribution in [0.15, 0.2) is 42.5 Å². The summed E-state index contributed by atoms with van der Waals surface area (Å²) in [5.74, 6) is 1.75. The third-order valence-corrected chi connectivity index (χ3v) is 4.10. The highest BCUT2D eigenvalue weighted by atomic mass is 35.5. The van der Waals surface area contributed by atoms with E-state index in [4.69, 9.17) is 31.5 Å². The second kappa shape index (κ2) is 7.49. The molecule has 0 fully saturated rings. The first-order valence-electron chi connectivity index (χ1n) is 7.76. The molecule has 0 aliphatic carbocycles. The molecule has 1 heterocycles. The normalized spacial score (nSPS) is 10.5.